The number of hydrogen-bond acceptors (Lipinski definition) is 0. The van der Waals surface area contributed by atoms with E-state index in [1.807, 2.05) is 0 Å². The molecule has 0 fully saturated rings. The Labute approximate surface area is 130 Å². The molecule has 0 aliphatic heterocycles. The second-order valence-electron chi connectivity index (χ2n) is 5.75. The minimum absolute atomic E-state index is 1.13. The van der Waals surface area contributed by atoms with Crippen molar-refractivity contribution in [2.75, 3.05) is 0 Å². The van der Waals surface area contributed by atoms with E-state index in [-0.39, 0.29) is 0 Å². The first-order valence-electron chi connectivity index (χ1n) is 7.96. The third kappa shape index (κ3) is 1.93. The molecule has 108 valence electrons. The summed E-state index contributed by atoms with van der Waals surface area (Å²) in [6.07, 6.45) is 2.30. The van der Waals surface area contributed by atoms with Crippen molar-refractivity contribution in [3.63, 3.8) is 0 Å². The van der Waals surface area contributed by atoms with Crippen molar-refractivity contribution < 1.29 is 0 Å². The van der Waals surface area contributed by atoms with Gasteiger partial charge in [0.1, 0.15) is 0 Å². The molecule has 1 heterocycles. The molecule has 22 heavy (non-hydrogen) atoms. The van der Waals surface area contributed by atoms with Gasteiger partial charge in [0.05, 0.1) is 11.0 Å². The van der Waals surface area contributed by atoms with Gasteiger partial charge in [-0.25, -0.2) is 0 Å². The number of fused-ring (bicyclic) bond motifs is 3. The van der Waals surface area contributed by atoms with Crippen LogP contribution in [0.4, 0.5) is 0 Å². The third-order valence-electron chi connectivity index (χ3n) is 4.32. The molecule has 1 heteroatoms. The maximum absolute atomic E-state index is 2.38. The van der Waals surface area contributed by atoms with Gasteiger partial charge < -0.3 is 4.57 Å². The summed E-state index contributed by atoms with van der Waals surface area (Å²) in [4.78, 5) is 0. The van der Waals surface area contributed by atoms with Crippen LogP contribution < -0.4 is 0 Å². The Bertz CT molecular complexity index is 932. The summed E-state index contributed by atoms with van der Waals surface area (Å²) in [6, 6.07) is 26.1. The van der Waals surface area contributed by atoms with Gasteiger partial charge in [0, 0.05) is 16.5 Å². The van der Waals surface area contributed by atoms with Crippen LogP contribution in [-0.4, -0.2) is 4.57 Å². The molecule has 0 saturated heterocycles. The Balaban J connectivity index is 2.17. The number of rotatable bonds is 3. The Morgan fingerprint density at radius 3 is 2.27 bits per heavy atom. The molecule has 0 aliphatic rings. The van der Waals surface area contributed by atoms with E-state index >= 15 is 0 Å². The molecular weight excluding hydrogens is 266 g/mol. The molecule has 4 rings (SSSR count). The van der Waals surface area contributed by atoms with Crippen molar-refractivity contribution in [1.29, 1.82) is 0 Å². The van der Waals surface area contributed by atoms with E-state index in [2.05, 4.69) is 84.3 Å². The summed E-state index contributed by atoms with van der Waals surface area (Å²) >= 11 is 0. The molecule has 3 aromatic carbocycles. The average molecular weight is 285 g/mol. The zero-order chi connectivity index (χ0) is 14.9. The number of aryl methyl sites for hydroxylation is 1. The van der Waals surface area contributed by atoms with Crippen molar-refractivity contribution in [2.45, 2.75) is 19.8 Å². The van der Waals surface area contributed by atoms with Gasteiger partial charge in [-0.3, -0.25) is 0 Å². The normalized spacial score (nSPS) is 11.3. The van der Waals surface area contributed by atoms with Gasteiger partial charge in [-0.15, -0.1) is 0 Å². The van der Waals surface area contributed by atoms with Crippen LogP contribution in [0.3, 0.4) is 0 Å². The largest absolute Gasteiger partial charge is 0.309 e. The molecule has 0 radical (unpaired) electrons. The number of aromatic nitrogens is 1. The molecule has 0 unspecified atom stereocenters. The Morgan fingerprint density at radius 2 is 1.45 bits per heavy atom. The smallest absolute Gasteiger partial charge is 0.0543 e. The molecule has 0 aliphatic carbocycles. The van der Waals surface area contributed by atoms with Crippen LogP contribution in [0.25, 0.3) is 27.5 Å². The van der Waals surface area contributed by atoms with Crippen LogP contribution in [0.5, 0.6) is 0 Å². The minimum atomic E-state index is 1.13. The number of para-hydroxylation sites is 2. The van der Waals surface area contributed by atoms with E-state index in [4.69, 9.17) is 0 Å². The molecule has 0 saturated carbocycles. The fraction of sp³-hybridized carbons (Fsp3) is 0.143. The number of nitrogens with zero attached hydrogens (tertiary/aromatic N) is 1. The Kier molecular flexibility index (Phi) is 3.19. The molecule has 0 bridgehead atoms. The van der Waals surface area contributed by atoms with Crippen LogP contribution >= 0.6 is 0 Å². The Morgan fingerprint density at radius 1 is 0.727 bits per heavy atom. The van der Waals surface area contributed by atoms with E-state index in [0.29, 0.717) is 0 Å². The molecule has 0 amide bonds. The van der Waals surface area contributed by atoms with E-state index in [1.54, 1.807) is 0 Å². The van der Waals surface area contributed by atoms with E-state index in [9.17, 15) is 0 Å². The average Bonchev–Trinajstić information content (AvgIpc) is 2.91. The molecule has 1 aromatic heterocycles. The summed E-state index contributed by atoms with van der Waals surface area (Å²) in [7, 11) is 0. The van der Waals surface area contributed by atoms with Crippen molar-refractivity contribution in [3.8, 4) is 5.69 Å². The Hall–Kier alpha value is -2.54. The number of hydrogen-bond donors (Lipinski definition) is 0. The van der Waals surface area contributed by atoms with Gasteiger partial charge in [0.25, 0.3) is 0 Å². The van der Waals surface area contributed by atoms with Gasteiger partial charge in [-0.05, 0) is 36.2 Å². The highest BCUT2D eigenvalue weighted by atomic mass is 15.0. The second-order valence-corrected chi connectivity index (χ2v) is 5.75. The molecule has 4 aromatic rings. The maximum atomic E-state index is 2.38. The van der Waals surface area contributed by atoms with Crippen LogP contribution in [0, 0.1) is 0 Å². The van der Waals surface area contributed by atoms with Gasteiger partial charge in [0.15, 0.2) is 0 Å². The zero-order valence-corrected chi connectivity index (χ0v) is 12.8. The maximum Gasteiger partial charge on any atom is 0.0543 e. The monoisotopic (exact) mass is 285 g/mol. The summed E-state index contributed by atoms with van der Waals surface area (Å²) < 4.78 is 2.38. The minimum Gasteiger partial charge on any atom is -0.309 e. The van der Waals surface area contributed by atoms with Crippen LogP contribution in [0.2, 0.25) is 0 Å². The van der Waals surface area contributed by atoms with Crippen molar-refractivity contribution in [1.82, 2.24) is 4.57 Å². The fourth-order valence-corrected chi connectivity index (χ4v) is 3.43. The topological polar surface area (TPSA) is 4.93 Å². The molecule has 0 spiro atoms. The second kappa shape index (κ2) is 5.34. The van der Waals surface area contributed by atoms with Crippen LogP contribution in [0.1, 0.15) is 18.9 Å². The van der Waals surface area contributed by atoms with Crippen LogP contribution in [0.15, 0.2) is 72.8 Å². The fourth-order valence-electron chi connectivity index (χ4n) is 3.43. The van der Waals surface area contributed by atoms with Gasteiger partial charge >= 0.3 is 0 Å². The van der Waals surface area contributed by atoms with Crippen molar-refractivity contribution >= 4 is 21.8 Å². The quantitative estimate of drug-likeness (QED) is 0.452. The van der Waals surface area contributed by atoms with E-state index in [1.165, 1.54) is 39.5 Å². The first-order chi connectivity index (χ1) is 10.9. The highest BCUT2D eigenvalue weighted by Gasteiger charge is 2.13. The van der Waals surface area contributed by atoms with E-state index in [0.717, 1.165) is 6.42 Å². The third-order valence-corrected chi connectivity index (χ3v) is 4.32. The summed E-state index contributed by atoms with van der Waals surface area (Å²) in [5.74, 6) is 0. The summed E-state index contributed by atoms with van der Waals surface area (Å²) in [6.45, 7) is 2.25. The lowest BCUT2D eigenvalue weighted by atomic mass is 10.0. The number of benzene rings is 3. The first-order valence-corrected chi connectivity index (χ1v) is 7.96. The standard InChI is InChI=1S/C21H19N/c1-2-9-16-10-8-15-20-21(16)18-13-6-7-14-19(18)22(20)17-11-4-3-5-12-17/h3-8,10-15H,2,9H2,1H3. The molecule has 0 N–H and O–H groups in total. The SMILES string of the molecule is CCCc1cccc2c1c1ccccc1n2-c1ccccc1. The predicted octanol–water partition coefficient (Wildman–Crippen LogP) is 5.74. The predicted molar refractivity (Wildman–Crippen MR) is 94.8 cm³/mol. The lowest BCUT2D eigenvalue weighted by molar-refractivity contribution is 0.930. The molecule has 1 nitrogen and oxygen atoms in total. The lowest BCUT2D eigenvalue weighted by Gasteiger charge is -2.08. The van der Waals surface area contributed by atoms with Crippen molar-refractivity contribution in [2.24, 2.45) is 0 Å². The van der Waals surface area contributed by atoms with Gasteiger partial charge in [-0.2, -0.15) is 0 Å². The molecular formula is C21H19N. The van der Waals surface area contributed by atoms with Gasteiger partial charge in [0.2, 0.25) is 0 Å². The zero-order valence-electron chi connectivity index (χ0n) is 12.8. The first kappa shape index (κ1) is 13.1. The lowest BCUT2D eigenvalue weighted by Crippen LogP contribution is -1.93. The summed E-state index contributed by atoms with van der Waals surface area (Å²) in [5, 5.41) is 2.76. The summed E-state index contributed by atoms with van der Waals surface area (Å²) in [5.41, 5.74) is 5.26. The van der Waals surface area contributed by atoms with Gasteiger partial charge in [-0.1, -0.05) is 61.9 Å². The highest BCUT2D eigenvalue weighted by Crippen LogP contribution is 2.34. The van der Waals surface area contributed by atoms with Crippen LogP contribution in [-0.2, 0) is 6.42 Å². The molecule has 0 atom stereocenters. The highest BCUT2D eigenvalue weighted by molar-refractivity contribution is 6.10. The van der Waals surface area contributed by atoms with Crippen molar-refractivity contribution in [3.05, 3.63) is 78.4 Å². The van der Waals surface area contributed by atoms with E-state index < -0.39 is 0 Å².